The lowest BCUT2D eigenvalue weighted by Crippen LogP contribution is -2.48. The second-order valence-electron chi connectivity index (χ2n) is 7.94. The zero-order valence-electron chi connectivity index (χ0n) is 18.0. The van der Waals surface area contributed by atoms with E-state index in [1.165, 1.54) is 20.0 Å². The molecule has 3 heterocycles. The first kappa shape index (κ1) is 27.3. The van der Waals surface area contributed by atoms with Gasteiger partial charge in [-0.2, -0.15) is 4.31 Å². The molecule has 0 bridgehead atoms. The Kier molecular flexibility index (Phi) is 8.35. The molecular formula is C16H26N2O14P2. The van der Waals surface area contributed by atoms with Crippen molar-refractivity contribution in [3.05, 3.63) is 32.6 Å². The van der Waals surface area contributed by atoms with Crippen LogP contribution in [0.15, 0.2) is 15.8 Å². The average molecular weight is 532 g/mol. The zero-order valence-corrected chi connectivity index (χ0v) is 19.8. The van der Waals surface area contributed by atoms with Gasteiger partial charge in [0.05, 0.1) is 24.9 Å². The van der Waals surface area contributed by atoms with Gasteiger partial charge >= 0.3 is 21.3 Å². The highest BCUT2D eigenvalue weighted by Crippen LogP contribution is 2.61. The van der Waals surface area contributed by atoms with Crippen molar-refractivity contribution in [2.24, 2.45) is 0 Å². The Hall–Kier alpha value is -1.26. The van der Waals surface area contributed by atoms with Crippen molar-refractivity contribution in [2.45, 2.75) is 69.7 Å². The van der Waals surface area contributed by atoms with E-state index in [4.69, 9.17) is 9.47 Å². The van der Waals surface area contributed by atoms with Gasteiger partial charge in [0.25, 0.3) is 5.56 Å². The molecule has 3 rings (SSSR count). The Morgan fingerprint density at radius 1 is 1.12 bits per heavy atom. The third kappa shape index (κ3) is 6.69. The SMILES string of the molecule is Cc1cn(C2C[C@@H](O)[C@@H](COP(=O)(O)OP(=O)(O)OC3OC(C)CC(O)C3O)O2)c(=O)[nH]c1=O. The Morgan fingerprint density at radius 2 is 1.79 bits per heavy atom. The minimum atomic E-state index is -5.34. The monoisotopic (exact) mass is 532 g/mol. The van der Waals surface area contributed by atoms with Crippen LogP contribution < -0.4 is 11.2 Å². The number of aromatic amines is 1. The van der Waals surface area contributed by atoms with Gasteiger partial charge in [-0.05, 0) is 13.8 Å². The van der Waals surface area contributed by atoms with Crippen molar-refractivity contribution in [2.75, 3.05) is 6.61 Å². The predicted octanol–water partition coefficient (Wildman–Crippen LogP) is -1.40. The molecule has 0 amide bonds. The first-order chi connectivity index (χ1) is 15.7. The molecule has 0 aromatic carbocycles. The first-order valence-electron chi connectivity index (χ1n) is 10.0. The van der Waals surface area contributed by atoms with E-state index in [9.17, 15) is 43.8 Å². The molecule has 2 fully saturated rings. The minimum absolute atomic E-state index is 0.0225. The molecule has 1 aromatic rings. The van der Waals surface area contributed by atoms with E-state index in [1.807, 2.05) is 0 Å². The Labute approximate surface area is 191 Å². The maximum Gasteiger partial charge on any atom is 0.483 e. The number of phosphoric ester groups is 2. The lowest BCUT2D eigenvalue weighted by atomic mass is 10.0. The number of nitrogens with zero attached hydrogens (tertiary/aromatic N) is 1. The largest absolute Gasteiger partial charge is 0.483 e. The summed E-state index contributed by atoms with van der Waals surface area (Å²) in [4.78, 5) is 45.2. The number of aryl methyl sites for hydroxylation is 1. The average Bonchev–Trinajstić information content (AvgIpc) is 3.06. The third-order valence-electron chi connectivity index (χ3n) is 5.12. The molecule has 18 heteroatoms. The molecule has 7 unspecified atom stereocenters. The maximum atomic E-state index is 12.1. The van der Waals surface area contributed by atoms with Crippen LogP contribution in [0.5, 0.6) is 0 Å². The Balaban J connectivity index is 1.58. The maximum absolute atomic E-state index is 12.1. The fraction of sp³-hybridized carbons (Fsp3) is 0.750. The number of phosphoric acid groups is 2. The van der Waals surface area contributed by atoms with E-state index in [0.717, 1.165) is 4.57 Å². The van der Waals surface area contributed by atoms with Gasteiger partial charge in [0.15, 0.2) is 6.29 Å². The van der Waals surface area contributed by atoms with Crippen LogP contribution in [0.2, 0.25) is 0 Å². The van der Waals surface area contributed by atoms with Crippen molar-refractivity contribution in [3.8, 4) is 0 Å². The summed E-state index contributed by atoms with van der Waals surface area (Å²) in [6, 6.07) is 0. The van der Waals surface area contributed by atoms with Crippen LogP contribution in [0.3, 0.4) is 0 Å². The highest BCUT2D eigenvalue weighted by atomic mass is 31.3. The normalized spacial score (nSPS) is 35.6. The number of aromatic nitrogens is 2. The Bertz CT molecular complexity index is 1090. The second kappa shape index (κ2) is 10.4. The molecule has 0 saturated carbocycles. The van der Waals surface area contributed by atoms with E-state index >= 15 is 0 Å². The molecule has 16 nitrogen and oxygen atoms in total. The minimum Gasteiger partial charge on any atom is -0.390 e. The third-order valence-corrected chi connectivity index (χ3v) is 7.72. The van der Waals surface area contributed by atoms with Gasteiger partial charge in [0.1, 0.15) is 18.4 Å². The van der Waals surface area contributed by atoms with Crippen LogP contribution in [0, 0.1) is 6.92 Å². The summed E-state index contributed by atoms with van der Waals surface area (Å²) in [6.07, 6.45) is -7.97. The van der Waals surface area contributed by atoms with Crippen molar-refractivity contribution in [3.63, 3.8) is 0 Å². The highest BCUT2D eigenvalue weighted by molar-refractivity contribution is 7.61. The molecular weight excluding hydrogens is 506 g/mol. The van der Waals surface area contributed by atoms with Crippen LogP contribution in [0.4, 0.5) is 0 Å². The molecule has 2 saturated heterocycles. The summed E-state index contributed by atoms with van der Waals surface area (Å²) in [5.41, 5.74) is -1.18. The second-order valence-corrected chi connectivity index (χ2v) is 10.9. The Morgan fingerprint density at radius 3 is 2.47 bits per heavy atom. The first-order valence-corrected chi connectivity index (χ1v) is 13.0. The van der Waals surface area contributed by atoms with Gasteiger partial charge in [0.2, 0.25) is 0 Å². The summed E-state index contributed by atoms with van der Waals surface area (Å²) < 4.78 is 49.2. The van der Waals surface area contributed by atoms with E-state index in [1.54, 1.807) is 0 Å². The molecule has 6 N–H and O–H groups in total. The van der Waals surface area contributed by atoms with Crippen LogP contribution in [0.1, 0.15) is 31.6 Å². The van der Waals surface area contributed by atoms with Crippen LogP contribution >= 0.6 is 15.6 Å². The number of ether oxygens (including phenoxy) is 2. The number of hydrogen-bond donors (Lipinski definition) is 6. The molecule has 0 aliphatic carbocycles. The van der Waals surface area contributed by atoms with Gasteiger partial charge in [-0.3, -0.25) is 23.4 Å². The lowest BCUT2D eigenvalue weighted by Gasteiger charge is -2.35. The summed E-state index contributed by atoms with van der Waals surface area (Å²) >= 11 is 0. The van der Waals surface area contributed by atoms with Crippen molar-refractivity contribution >= 4 is 15.6 Å². The number of rotatable bonds is 8. The summed E-state index contributed by atoms with van der Waals surface area (Å²) in [5.74, 6) is 0. The van der Waals surface area contributed by atoms with Crippen molar-refractivity contribution in [1.29, 1.82) is 0 Å². The number of aliphatic hydroxyl groups is 3. The van der Waals surface area contributed by atoms with E-state index in [0.29, 0.717) is 0 Å². The zero-order chi connectivity index (χ0) is 25.4. The number of aliphatic hydroxyl groups excluding tert-OH is 3. The van der Waals surface area contributed by atoms with Gasteiger partial charge in [0, 0.05) is 24.6 Å². The lowest BCUT2D eigenvalue weighted by molar-refractivity contribution is -0.235. The molecule has 2 aliphatic rings. The van der Waals surface area contributed by atoms with Gasteiger partial charge < -0.3 is 34.6 Å². The van der Waals surface area contributed by atoms with Crippen molar-refractivity contribution < 1.29 is 57.1 Å². The molecule has 0 spiro atoms. The standard InChI is InChI=1S/C16H26N2O14P2/c1-7-5-18(16(23)17-14(7)22)12-4-9(19)11(30-12)6-28-33(24,25)32-34(26,27)31-15-13(21)10(20)3-8(2)29-15/h5,8-13,15,19-21H,3-4,6H2,1-2H3,(H,24,25)(H,26,27)(H,17,22,23)/t8?,9-,10?,11-,12?,13?,15?/m1/s1. The van der Waals surface area contributed by atoms with Gasteiger partial charge in [-0.1, -0.05) is 0 Å². The van der Waals surface area contributed by atoms with Crippen LogP contribution in [-0.2, 0) is 32.0 Å². The van der Waals surface area contributed by atoms with E-state index in [2.05, 4.69) is 18.3 Å². The summed E-state index contributed by atoms with van der Waals surface area (Å²) in [7, 11) is -10.6. The number of nitrogens with one attached hydrogen (secondary N) is 1. The summed E-state index contributed by atoms with van der Waals surface area (Å²) in [5, 5.41) is 29.7. The quantitative estimate of drug-likeness (QED) is 0.211. The van der Waals surface area contributed by atoms with Gasteiger partial charge in [-0.25, -0.2) is 13.9 Å². The molecule has 1 aromatic heterocycles. The summed E-state index contributed by atoms with van der Waals surface area (Å²) in [6.45, 7) is 2.16. The fourth-order valence-electron chi connectivity index (χ4n) is 3.42. The highest BCUT2D eigenvalue weighted by Gasteiger charge is 2.45. The van der Waals surface area contributed by atoms with Gasteiger partial charge in [-0.15, -0.1) is 0 Å². The smallest absolute Gasteiger partial charge is 0.390 e. The molecule has 194 valence electrons. The number of H-pyrrole nitrogens is 1. The fourth-order valence-corrected chi connectivity index (χ4v) is 5.58. The van der Waals surface area contributed by atoms with Crippen LogP contribution in [0.25, 0.3) is 0 Å². The molecule has 34 heavy (non-hydrogen) atoms. The number of hydrogen-bond acceptors (Lipinski definition) is 12. The van der Waals surface area contributed by atoms with Crippen molar-refractivity contribution in [1.82, 2.24) is 9.55 Å². The predicted molar refractivity (Wildman–Crippen MR) is 109 cm³/mol. The van der Waals surface area contributed by atoms with E-state index in [-0.39, 0.29) is 18.4 Å². The van der Waals surface area contributed by atoms with E-state index < -0.39 is 76.5 Å². The van der Waals surface area contributed by atoms with Crippen LogP contribution in [-0.4, -0.2) is 78.1 Å². The topological polar surface area (TPSA) is 236 Å². The molecule has 0 radical (unpaired) electrons. The molecule has 9 atom stereocenters. The molecule has 2 aliphatic heterocycles.